The summed E-state index contributed by atoms with van der Waals surface area (Å²) in [5.41, 5.74) is 1.13. The minimum atomic E-state index is -0.781. The molecule has 0 aliphatic rings. The molecule has 0 aliphatic heterocycles. The average molecular weight is 406 g/mol. The van der Waals surface area contributed by atoms with E-state index < -0.39 is 24.5 Å². The van der Waals surface area contributed by atoms with E-state index in [1.54, 1.807) is 36.4 Å². The monoisotopic (exact) mass is 406 g/mol. The molecule has 1 aromatic heterocycles. The Bertz CT molecular complexity index is 1030. The van der Waals surface area contributed by atoms with Crippen LogP contribution < -0.4 is 10.6 Å². The van der Waals surface area contributed by atoms with Crippen LogP contribution in [0.15, 0.2) is 77.4 Å². The molecule has 0 radical (unpaired) electrons. The quantitative estimate of drug-likeness (QED) is 0.461. The van der Waals surface area contributed by atoms with Crippen molar-refractivity contribution in [2.75, 3.05) is 6.61 Å². The molecule has 0 saturated heterocycles. The Balaban J connectivity index is 1.45. The molecule has 30 heavy (non-hydrogen) atoms. The molecule has 0 spiro atoms. The predicted molar refractivity (Wildman–Crippen MR) is 106 cm³/mol. The van der Waals surface area contributed by atoms with Gasteiger partial charge in [0.2, 0.25) is 0 Å². The van der Waals surface area contributed by atoms with Crippen LogP contribution in [-0.2, 0) is 16.1 Å². The van der Waals surface area contributed by atoms with E-state index in [4.69, 9.17) is 9.15 Å². The van der Waals surface area contributed by atoms with Gasteiger partial charge in [-0.1, -0.05) is 42.5 Å². The minimum Gasteiger partial charge on any atom is -0.467 e. The fourth-order valence-corrected chi connectivity index (χ4v) is 2.52. The van der Waals surface area contributed by atoms with E-state index in [0.29, 0.717) is 16.9 Å². The number of carbonyl (C=O) groups excluding carboxylic acids is 4. The number of imide groups is 1. The first-order valence-corrected chi connectivity index (χ1v) is 9.00. The molecular formula is C22H18N2O6. The van der Waals surface area contributed by atoms with Gasteiger partial charge >= 0.3 is 12.0 Å². The van der Waals surface area contributed by atoms with Crippen LogP contribution in [0.5, 0.6) is 0 Å². The lowest BCUT2D eigenvalue weighted by atomic mass is 10.0. The van der Waals surface area contributed by atoms with Crippen LogP contribution in [0.2, 0.25) is 0 Å². The maximum atomic E-state index is 12.4. The highest BCUT2D eigenvalue weighted by molar-refractivity contribution is 6.09. The van der Waals surface area contributed by atoms with Crippen molar-refractivity contribution >= 4 is 23.7 Å². The zero-order valence-electron chi connectivity index (χ0n) is 15.8. The number of carbonyl (C=O) groups is 4. The smallest absolute Gasteiger partial charge is 0.338 e. The number of benzene rings is 2. The molecule has 2 N–H and O–H groups in total. The SMILES string of the molecule is O=C(COC(=O)c1ccc(C(=O)c2ccccc2)cc1)NC(=O)NCc1ccco1. The predicted octanol–water partition coefficient (Wildman–Crippen LogP) is 2.69. The van der Waals surface area contributed by atoms with Gasteiger partial charge in [0, 0.05) is 11.1 Å². The number of rotatable bonds is 7. The van der Waals surface area contributed by atoms with Crippen LogP contribution in [0.1, 0.15) is 32.0 Å². The Morgan fingerprint density at radius 1 is 0.800 bits per heavy atom. The van der Waals surface area contributed by atoms with Crippen molar-refractivity contribution in [1.82, 2.24) is 10.6 Å². The molecule has 2 aromatic carbocycles. The van der Waals surface area contributed by atoms with Gasteiger partial charge in [-0.2, -0.15) is 0 Å². The van der Waals surface area contributed by atoms with Crippen molar-refractivity contribution in [1.29, 1.82) is 0 Å². The Hall–Kier alpha value is -4.20. The molecule has 0 fully saturated rings. The summed E-state index contributed by atoms with van der Waals surface area (Å²) < 4.78 is 9.94. The molecule has 1 heterocycles. The Morgan fingerprint density at radius 2 is 1.47 bits per heavy atom. The van der Waals surface area contributed by atoms with Crippen LogP contribution in [0, 0.1) is 0 Å². The molecule has 152 valence electrons. The van der Waals surface area contributed by atoms with Gasteiger partial charge in [-0.05, 0) is 24.3 Å². The number of hydrogen-bond donors (Lipinski definition) is 2. The minimum absolute atomic E-state index is 0.111. The Labute approximate surface area is 171 Å². The highest BCUT2D eigenvalue weighted by atomic mass is 16.5. The zero-order chi connectivity index (χ0) is 21.3. The van der Waals surface area contributed by atoms with Crippen LogP contribution in [0.25, 0.3) is 0 Å². The van der Waals surface area contributed by atoms with E-state index in [9.17, 15) is 19.2 Å². The molecule has 8 nitrogen and oxygen atoms in total. The number of ether oxygens (including phenoxy) is 1. The first-order chi connectivity index (χ1) is 14.5. The van der Waals surface area contributed by atoms with Crippen molar-refractivity contribution < 1.29 is 28.3 Å². The van der Waals surface area contributed by atoms with Gasteiger partial charge in [0.05, 0.1) is 18.4 Å². The van der Waals surface area contributed by atoms with Crippen molar-refractivity contribution in [3.8, 4) is 0 Å². The maximum Gasteiger partial charge on any atom is 0.338 e. The van der Waals surface area contributed by atoms with Crippen LogP contribution in [0.4, 0.5) is 4.79 Å². The number of ketones is 1. The molecular weight excluding hydrogens is 388 g/mol. The Morgan fingerprint density at radius 3 is 2.13 bits per heavy atom. The normalized spacial score (nSPS) is 10.1. The second-order valence-corrected chi connectivity index (χ2v) is 6.16. The first-order valence-electron chi connectivity index (χ1n) is 9.00. The summed E-state index contributed by atoms with van der Waals surface area (Å²) in [4.78, 5) is 47.8. The third-order valence-electron chi connectivity index (χ3n) is 4.01. The van der Waals surface area contributed by atoms with Gasteiger partial charge in [-0.25, -0.2) is 9.59 Å². The summed E-state index contributed by atoms with van der Waals surface area (Å²) in [6.07, 6.45) is 1.46. The molecule has 0 aliphatic carbocycles. The summed E-state index contributed by atoms with van der Waals surface area (Å²) >= 11 is 0. The number of urea groups is 1. The van der Waals surface area contributed by atoms with E-state index in [2.05, 4.69) is 5.32 Å². The highest BCUT2D eigenvalue weighted by Crippen LogP contribution is 2.12. The molecule has 3 rings (SSSR count). The highest BCUT2D eigenvalue weighted by Gasteiger charge is 2.14. The molecule has 0 saturated carbocycles. The maximum absolute atomic E-state index is 12.4. The molecule has 8 heteroatoms. The Kier molecular flexibility index (Phi) is 6.73. The van der Waals surface area contributed by atoms with Crippen molar-refractivity contribution in [3.63, 3.8) is 0 Å². The summed E-state index contributed by atoms with van der Waals surface area (Å²) in [7, 11) is 0. The van der Waals surface area contributed by atoms with Crippen molar-refractivity contribution in [2.45, 2.75) is 6.54 Å². The molecule has 0 bridgehead atoms. The second kappa shape index (κ2) is 9.83. The van der Waals surface area contributed by atoms with Crippen molar-refractivity contribution in [2.24, 2.45) is 0 Å². The number of nitrogens with one attached hydrogen (secondary N) is 2. The molecule has 3 aromatic rings. The fraction of sp³-hybridized carbons (Fsp3) is 0.0909. The standard InChI is InChI=1S/C22H18N2O6/c25-19(24-22(28)23-13-18-7-4-12-29-18)14-30-21(27)17-10-8-16(9-11-17)20(26)15-5-2-1-3-6-15/h1-12H,13-14H2,(H2,23,24,25,28). The zero-order valence-corrected chi connectivity index (χ0v) is 15.8. The van der Waals surface area contributed by atoms with Crippen LogP contribution in [-0.4, -0.2) is 30.3 Å². The molecule has 3 amide bonds. The average Bonchev–Trinajstić information content (AvgIpc) is 3.30. The summed E-state index contributed by atoms with van der Waals surface area (Å²) in [6.45, 7) is -0.516. The molecule has 0 atom stereocenters. The largest absolute Gasteiger partial charge is 0.467 e. The second-order valence-electron chi connectivity index (χ2n) is 6.16. The van der Waals surface area contributed by atoms with Crippen LogP contribution in [0.3, 0.4) is 0 Å². The number of furan rings is 1. The number of hydrogen-bond acceptors (Lipinski definition) is 6. The lowest BCUT2D eigenvalue weighted by molar-refractivity contribution is -0.123. The first kappa shape index (κ1) is 20.5. The third-order valence-corrected chi connectivity index (χ3v) is 4.01. The van der Waals surface area contributed by atoms with Crippen molar-refractivity contribution in [3.05, 3.63) is 95.4 Å². The van der Waals surface area contributed by atoms with E-state index in [0.717, 1.165) is 0 Å². The molecule has 0 unspecified atom stereocenters. The fourth-order valence-electron chi connectivity index (χ4n) is 2.52. The summed E-state index contributed by atoms with van der Waals surface area (Å²) in [5, 5.41) is 4.47. The lowest BCUT2D eigenvalue weighted by Crippen LogP contribution is -2.41. The number of amides is 3. The van der Waals surface area contributed by atoms with Gasteiger partial charge in [0.15, 0.2) is 12.4 Å². The van der Waals surface area contributed by atoms with Gasteiger partial charge < -0.3 is 14.5 Å². The van der Waals surface area contributed by atoms with E-state index in [1.807, 2.05) is 11.4 Å². The van der Waals surface area contributed by atoms with Gasteiger partial charge in [0.1, 0.15) is 5.76 Å². The van der Waals surface area contributed by atoms with Gasteiger partial charge in [-0.3, -0.25) is 14.9 Å². The van der Waals surface area contributed by atoms with E-state index in [-0.39, 0.29) is 17.9 Å². The van der Waals surface area contributed by atoms with Gasteiger partial charge in [-0.15, -0.1) is 0 Å². The van der Waals surface area contributed by atoms with E-state index in [1.165, 1.54) is 30.5 Å². The van der Waals surface area contributed by atoms with E-state index >= 15 is 0 Å². The third kappa shape index (κ3) is 5.65. The lowest BCUT2D eigenvalue weighted by Gasteiger charge is -2.07. The summed E-state index contributed by atoms with van der Waals surface area (Å²) in [6, 6.07) is 17.2. The van der Waals surface area contributed by atoms with Crippen LogP contribution >= 0.6 is 0 Å². The summed E-state index contributed by atoms with van der Waals surface area (Å²) in [5.74, 6) is -1.18. The van der Waals surface area contributed by atoms with Gasteiger partial charge in [0.25, 0.3) is 5.91 Å². The topological polar surface area (TPSA) is 115 Å². The number of esters is 1.